The summed E-state index contributed by atoms with van der Waals surface area (Å²) < 4.78 is 48.4. The molecule has 0 aromatic rings. The SMILES string of the molecule is C1COCO1.F[B-](F)(F)F. The minimum absolute atomic E-state index is 0.500. The van der Waals surface area contributed by atoms with Crippen LogP contribution >= 0.6 is 0 Å². The van der Waals surface area contributed by atoms with Crippen molar-refractivity contribution in [2.24, 2.45) is 0 Å². The summed E-state index contributed by atoms with van der Waals surface area (Å²) in [6.45, 7) is 2.06. The average molecular weight is 161 g/mol. The number of hydrogen-bond acceptors (Lipinski definition) is 2. The lowest BCUT2D eigenvalue weighted by molar-refractivity contribution is 0.0692. The summed E-state index contributed by atoms with van der Waals surface area (Å²) in [7, 11) is -6.00. The molecule has 0 aliphatic carbocycles. The standard InChI is InChI=1S/C3H6O2.BF4/c1-2-5-3-4-1;2-1(3,4)5/h1-3H2;/q;-1. The molecule has 0 bridgehead atoms. The van der Waals surface area contributed by atoms with Crippen molar-refractivity contribution < 1.29 is 26.7 Å². The summed E-state index contributed by atoms with van der Waals surface area (Å²) in [5.74, 6) is 0. The fourth-order valence-corrected chi connectivity index (χ4v) is 0.295. The van der Waals surface area contributed by atoms with Gasteiger partial charge in [0.25, 0.3) is 0 Å². The van der Waals surface area contributed by atoms with Crippen LogP contribution in [0.15, 0.2) is 0 Å². The molecule has 10 heavy (non-hydrogen) atoms. The molecule has 0 radical (unpaired) electrons. The van der Waals surface area contributed by atoms with Gasteiger partial charge in [0.1, 0.15) is 6.79 Å². The molecule has 1 heterocycles. The lowest BCUT2D eigenvalue weighted by Crippen LogP contribution is -2.02. The van der Waals surface area contributed by atoms with Crippen LogP contribution in [0.2, 0.25) is 0 Å². The fraction of sp³-hybridized carbons (Fsp3) is 1.00. The van der Waals surface area contributed by atoms with Gasteiger partial charge >= 0.3 is 7.25 Å². The number of ether oxygens (including phenoxy) is 2. The first-order valence-electron chi connectivity index (χ1n) is 2.53. The van der Waals surface area contributed by atoms with Crippen molar-refractivity contribution in [3.05, 3.63) is 0 Å². The van der Waals surface area contributed by atoms with Crippen molar-refractivity contribution >= 4 is 7.25 Å². The van der Waals surface area contributed by atoms with Gasteiger partial charge in [-0.15, -0.1) is 0 Å². The Morgan fingerprint density at radius 1 is 0.900 bits per heavy atom. The van der Waals surface area contributed by atoms with Gasteiger partial charge in [-0.05, 0) is 0 Å². The second kappa shape index (κ2) is 4.51. The smallest absolute Gasteiger partial charge is 0.418 e. The minimum atomic E-state index is -6.00. The largest absolute Gasteiger partial charge is 0.673 e. The Kier molecular flexibility index (Phi) is 4.38. The van der Waals surface area contributed by atoms with E-state index in [0.717, 1.165) is 13.2 Å². The van der Waals surface area contributed by atoms with Gasteiger partial charge in [0.2, 0.25) is 0 Å². The summed E-state index contributed by atoms with van der Waals surface area (Å²) >= 11 is 0. The summed E-state index contributed by atoms with van der Waals surface area (Å²) in [6.07, 6.45) is 0. The second-order valence-electron chi connectivity index (χ2n) is 1.43. The summed E-state index contributed by atoms with van der Waals surface area (Å²) in [6, 6.07) is 0. The molecular formula is C3H6BF4O2-. The molecule has 1 rings (SSSR count). The van der Waals surface area contributed by atoms with Crippen molar-refractivity contribution in [3.8, 4) is 0 Å². The Morgan fingerprint density at radius 3 is 1.30 bits per heavy atom. The first-order chi connectivity index (χ1) is 4.50. The van der Waals surface area contributed by atoms with Crippen LogP contribution in [0.4, 0.5) is 17.3 Å². The van der Waals surface area contributed by atoms with Gasteiger partial charge in [-0.25, -0.2) is 0 Å². The maximum Gasteiger partial charge on any atom is 0.673 e. The maximum atomic E-state index is 9.75. The Balaban J connectivity index is 0.000000162. The zero-order valence-corrected chi connectivity index (χ0v) is 5.03. The number of hydrogen-bond donors (Lipinski definition) is 0. The third-order valence-electron chi connectivity index (χ3n) is 0.539. The third-order valence-corrected chi connectivity index (χ3v) is 0.539. The van der Waals surface area contributed by atoms with Crippen LogP contribution in [0.5, 0.6) is 0 Å². The van der Waals surface area contributed by atoms with E-state index in [1.807, 2.05) is 0 Å². The molecule has 0 saturated carbocycles. The molecule has 0 atom stereocenters. The number of rotatable bonds is 0. The van der Waals surface area contributed by atoms with E-state index in [1.165, 1.54) is 0 Å². The lowest BCUT2D eigenvalue weighted by atomic mass is 10.3. The first kappa shape index (κ1) is 9.70. The summed E-state index contributed by atoms with van der Waals surface area (Å²) in [4.78, 5) is 0. The highest BCUT2D eigenvalue weighted by atomic mass is 19.5. The van der Waals surface area contributed by atoms with Gasteiger partial charge in [-0.3, -0.25) is 0 Å². The molecule has 7 heteroatoms. The molecule has 0 N–H and O–H groups in total. The van der Waals surface area contributed by atoms with E-state index in [1.54, 1.807) is 0 Å². The highest BCUT2D eigenvalue weighted by molar-refractivity contribution is 6.50. The van der Waals surface area contributed by atoms with E-state index < -0.39 is 7.25 Å². The average Bonchev–Trinajstić information content (AvgIpc) is 2.07. The van der Waals surface area contributed by atoms with E-state index in [0.29, 0.717) is 6.79 Å². The topological polar surface area (TPSA) is 18.5 Å². The highest BCUT2D eigenvalue weighted by Gasteiger charge is 2.20. The van der Waals surface area contributed by atoms with Crippen molar-refractivity contribution in [3.63, 3.8) is 0 Å². The van der Waals surface area contributed by atoms with Crippen LogP contribution < -0.4 is 0 Å². The van der Waals surface area contributed by atoms with Crippen LogP contribution in [0.25, 0.3) is 0 Å². The molecule has 1 fully saturated rings. The van der Waals surface area contributed by atoms with Crippen molar-refractivity contribution in [1.29, 1.82) is 0 Å². The van der Waals surface area contributed by atoms with Crippen LogP contribution in [0.1, 0.15) is 0 Å². The Morgan fingerprint density at radius 2 is 1.20 bits per heavy atom. The first-order valence-corrected chi connectivity index (χ1v) is 2.53. The predicted octanol–water partition coefficient (Wildman–Crippen LogP) is 1.29. The quantitative estimate of drug-likeness (QED) is 0.393. The lowest BCUT2D eigenvalue weighted by Gasteiger charge is -1.94. The predicted molar refractivity (Wildman–Crippen MR) is 27.0 cm³/mol. The van der Waals surface area contributed by atoms with Gasteiger partial charge in [0.15, 0.2) is 0 Å². The van der Waals surface area contributed by atoms with Gasteiger partial charge in [0.05, 0.1) is 13.2 Å². The zero-order valence-electron chi connectivity index (χ0n) is 5.03. The fourth-order valence-electron chi connectivity index (χ4n) is 0.295. The van der Waals surface area contributed by atoms with Gasteiger partial charge < -0.3 is 26.7 Å². The monoisotopic (exact) mass is 161 g/mol. The van der Waals surface area contributed by atoms with Crippen molar-refractivity contribution in [2.75, 3.05) is 20.0 Å². The van der Waals surface area contributed by atoms with Gasteiger partial charge in [0, 0.05) is 0 Å². The second-order valence-corrected chi connectivity index (χ2v) is 1.43. The van der Waals surface area contributed by atoms with Gasteiger partial charge in [-0.1, -0.05) is 0 Å². The Bertz CT molecular complexity index is 67.5. The molecule has 1 aliphatic heterocycles. The van der Waals surface area contributed by atoms with E-state index in [-0.39, 0.29) is 0 Å². The molecule has 1 saturated heterocycles. The van der Waals surface area contributed by atoms with Crippen molar-refractivity contribution in [2.45, 2.75) is 0 Å². The number of halogens is 4. The minimum Gasteiger partial charge on any atom is -0.418 e. The molecule has 0 aromatic carbocycles. The Labute approximate surface area is 55.2 Å². The van der Waals surface area contributed by atoms with Gasteiger partial charge in [-0.2, -0.15) is 0 Å². The van der Waals surface area contributed by atoms with E-state index in [4.69, 9.17) is 9.47 Å². The van der Waals surface area contributed by atoms with Crippen LogP contribution in [0, 0.1) is 0 Å². The highest BCUT2D eigenvalue weighted by Crippen LogP contribution is 2.06. The molecule has 2 nitrogen and oxygen atoms in total. The van der Waals surface area contributed by atoms with Crippen molar-refractivity contribution in [1.82, 2.24) is 0 Å². The van der Waals surface area contributed by atoms with Crippen LogP contribution in [-0.4, -0.2) is 27.3 Å². The van der Waals surface area contributed by atoms with Crippen LogP contribution in [0.3, 0.4) is 0 Å². The molecule has 0 amide bonds. The molecular weight excluding hydrogens is 155 g/mol. The van der Waals surface area contributed by atoms with Crippen LogP contribution in [-0.2, 0) is 9.47 Å². The molecule has 0 aromatic heterocycles. The van der Waals surface area contributed by atoms with E-state index in [2.05, 4.69) is 0 Å². The molecule has 0 unspecified atom stereocenters. The van der Waals surface area contributed by atoms with E-state index in [9.17, 15) is 17.3 Å². The normalized spacial score (nSPS) is 18.0. The molecule has 1 aliphatic rings. The molecule has 0 spiro atoms. The summed E-state index contributed by atoms with van der Waals surface area (Å²) in [5, 5.41) is 0. The maximum absolute atomic E-state index is 9.75. The zero-order chi connectivity index (χ0) is 8.04. The Hall–Kier alpha value is -0.295. The van der Waals surface area contributed by atoms with E-state index >= 15 is 0 Å². The summed E-state index contributed by atoms with van der Waals surface area (Å²) in [5.41, 5.74) is 0. The third kappa shape index (κ3) is 15.6. The molecule has 62 valence electrons.